The average molecular weight is 417 g/mol. The predicted octanol–water partition coefficient (Wildman–Crippen LogP) is 4.03. The number of hydrogen-bond acceptors (Lipinski definition) is 4. The van der Waals surface area contributed by atoms with Crippen molar-refractivity contribution in [1.29, 1.82) is 0 Å². The van der Waals surface area contributed by atoms with E-state index in [1.807, 2.05) is 30.3 Å². The van der Waals surface area contributed by atoms with Gasteiger partial charge in [-0.25, -0.2) is 0 Å². The zero-order chi connectivity index (χ0) is 17.9. The van der Waals surface area contributed by atoms with Crippen LogP contribution in [0.5, 0.6) is 11.5 Å². The van der Waals surface area contributed by atoms with Crippen LogP contribution in [0.1, 0.15) is 18.4 Å². The maximum absolute atomic E-state index is 12.7. The fourth-order valence-electron chi connectivity index (χ4n) is 3.53. The number of carbonyl (C=O) groups is 1. The predicted molar refractivity (Wildman–Crippen MR) is 103 cm³/mol. The number of fused-ring (bicyclic) bond motifs is 1. The molecule has 2 aliphatic rings. The van der Waals surface area contributed by atoms with Crippen molar-refractivity contribution in [2.24, 2.45) is 5.92 Å². The van der Waals surface area contributed by atoms with Crippen LogP contribution in [-0.4, -0.2) is 30.7 Å². The van der Waals surface area contributed by atoms with Gasteiger partial charge in [-0.1, -0.05) is 28.1 Å². The highest BCUT2D eigenvalue weighted by Gasteiger charge is 2.26. The Labute approximate surface area is 161 Å². The summed E-state index contributed by atoms with van der Waals surface area (Å²) in [6.45, 7) is 2.91. The van der Waals surface area contributed by atoms with E-state index in [0.717, 1.165) is 48.4 Å². The number of carbonyl (C=O) groups excluding carboxylic acids is 1. The van der Waals surface area contributed by atoms with Gasteiger partial charge in [0.1, 0.15) is 0 Å². The molecule has 1 N–H and O–H groups in total. The monoisotopic (exact) mass is 416 g/mol. The molecule has 26 heavy (non-hydrogen) atoms. The summed E-state index contributed by atoms with van der Waals surface area (Å²) in [5.41, 5.74) is 2.01. The number of halogens is 1. The highest BCUT2D eigenvalue weighted by molar-refractivity contribution is 9.10. The molecule has 1 unspecified atom stereocenters. The summed E-state index contributed by atoms with van der Waals surface area (Å²) in [5.74, 6) is 1.48. The van der Waals surface area contributed by atoms with Crippen LogP contribution in [0.4, 0.5) is 5.69 Å². The molecule has 1 amide bonds. The molecule has 4 rings (SSSR count). The maximum Gasteiger partial charge on any atom is 0.231 e. The molecule has 2 heterocycles. The normalized spacial score (nSPS) is 19.3. The highest BCUT2D eigenvalue weighted by atomic mass is 79.9. The Morgan fingerprint density at radius 1 is 1.19 bits per heavy atom. The second-order valence-electron chi connectivity index (χ2n) is 6.76. The molecule has 136 valence electrons. The van der Waals surface area contributed by atoms with Crippen LogP contribution in [0.3, 0.4) is 0 Å². The van der Waals surface area contributed by atoms with Gasteiger partial charge in [0.15, 0.2) is 11.5 Å². The fourth-order valence-corrected chi connectivity index (χ4v) is 3.97. The van der Waals surface area contributed by atoms with Crippen LogP contribution in [-0.2, 0) is 11.3 Å². The van der Waals surface area contributed by atoms with Crippen LogP contribution >= 0.6 is 15.9 Å². The van der Waals surface area contributed by atoms with E-state index in [0.29, 0.717) is 5.75 Å². The van der Waals surface area contributed by atoms with Crippen LogP contribution in [0.15, 0.2) is 46.9 Å². The molecule has 5 nitrogen and oxygen atoms in total. The number of amides is 1. The van der Waals surface area contributed by atoms with Crippen molar-refractivity contribution in [3.63, 3.8) is 0 Å². The van der Waals surface area contributed by atoms with Crippen molar-refractivity contribution in [2.45, 2.75) is 19.4 Å². The SMILES string of the molecule is O=C(Nc1ccc2c(c1)OCO2)C1CCCN(Cc2cccc(Br)c2)C1. The quantitative estimate of drug-likeness (QED) is 0.817. The van der Waals surface area contributed by atoms with E-state index in [2.05, 4.69) is 38.3 Å². The summed E-state index contributed by atoms with van der Waals surface area (Å²) in [6.07, 6.45) is 1.96. The Morgan fingerprint density at radius 3 is 2.96 bits per heavy atom. The number of hydrogen-bond donors (Lipinski definition) is 1. The molecule has 2 aromatic carbocycles. The number of rotatable bonds is 4. The zero-order valence-electron chi connectivity index (χ0n) is 14.4. The molecule has 2 aliphatic heterocycles. The standard InChI is InChI=1S/C20H21BrN2O3/c21-16-5-1-3-14(9-16)11-23-8-2-4-15(12-23)20(24)22-17-6-7-18-19(10-17)26-13-25-18/h1,3,5-7,9-10,15H,2,4,8,11-13H2,(H,22,24). The first-order valence-electron chi connectivity index (χ1n) is 8.85. The Kier molecular flexibility index (Phi) is 5.13. The molecule has 6 heteroatoms. The molecule has 1 atom stereocenters. The molecule has 0 aromatic heterocycles. The third-order valence-corrected chi connectivity index (χ3v) is 5.30. The second kappa shape index (κ2) is 7.68. The third-order valence-electron chi connectivity index (χ3n) is 4.81. The second-order valence-corrected chi connectivity index (χ2v) is 7.68. The Hall–Kier alpha value is -2.05. The van der Waals surface area contributed by atoms with E-state index in [1.165, 1.54) is 5.56 Å². The van der Waals surface area contributed by atoms with Gasteiger partial charge < -0.3 is 14.8 Å². The number of piperidine rings is 1. The minimum atomic E-state index is 0.00123. The van der Waals surface area contributed by atoms with E-state index >= 15 is 0 Å². The van der Waals surface area contributed by atoms with Gasteiger partial charge in [-0.2, -0.15) is 0 Å². The third kappa shape index (κ3) is 4.02. The summed E-state index contributed by atoms with van der Waals surface area (Å²) >= 11 is 3.52. The zero-order valence-corrected chi connectivity index (χ0v) is 16.0. The lowest BCUT2D eigenvalue weighted by atomic mass is 9.96. The van der Waals surface area contributed by atoms with Crippen molar-refractivity contribution < 1.29 is 14.3 Å². The Bertz CT molecular complexity index is 811. The largest absolute Gasteiger partial charge is 0.454 e. The minimum Gasteiger partial charge on any atom is -0.454 e. The summed E-state index contributed by atoms with van der Waals surface area (Å²) in [5, 5.41) is 3.03. The molecular formula is C20H21BrN2O3. The molecule has 0 saturated carbocycles. The number of anilines is 1. The number of benzene rings is 2. The van der Waals surface area contributed by atoms with E-state index in [-0.39, 0.29) is 18.6 Å². The lowest BCUT2D eigenvalue weighted by Gasteiger charge is -2.32. The maximum atomic E-state index is 12.7. The lowest BCUT2D eigenvalue weighted by Crippen LogP contribution is -2.40. The number of nitrogens with one attached hydrogen (secondary N) is 1. The fraction of sp³-hybridized carbons (Fsp3) is 0.350. The van der Waals surface area contributed by atoms with Gasteiger partial charge in [-0.15, -0.1) is 0 Å². The first-order chi connectivity index (χ1) is 12.7. The van der Waals surface area contributed by atoms with Crippen molar-refractivity contribution in [1.82, 2.24) is 4.90 Å². The van der Waals surface area contributed by atoms with Gasteiger partial charge in [-0.05, 0) is 49.2 Å². The molecule has 1 fully saturated rings. The Balaban J connectivity index is 1.37. The van der Waals surface area contributed by atoms with Gasteiger partial charge in [0, 0.05) is 29.3 Å². The van der Waals surface area contributed by atoms with Gasteiger partial charge in [0.05, 0.1) is 5.92 Å². The molecule has 0 bridgehead atoms. The Morgan fingerprint density at radius 2 is 2.08 bits per heavy atom. The van der Waals surface area contributed by atoms with Gasteiger partial charge in [0.2, 0.25) is 12.7 Å². The first kappa shape index (κ1) is 17.4. The highest BCUT2D eigenvalue weighted by Crippen LogP contribution is 2.34. The summed E-state index contributed by atoms with van der Waals surface area (Å²) < 4.78 is 11.8. The van der Waals surface area contributed by atoms with Crippen molar-refractivity contribution in [2.75, 3.05) is 25.2 Å². The molecule has 0 spiro atoms. The molecule has 2 aromatic rings. The topological polar surface area (TPSA) is 50.8 Å². The lowest BCUT2D eigenvalue weighted by molar-refractivity contribution is -0.121. The molecular weight excluding hydrogens is 396 g/mol. The first-order valence-corrected chi connectivity index (χ1v) is 9.64. The van der Waals surface area contributed by atoms with Crippen LogP contribution < -0.4 is 14.8 Å². The summed E-state index contributed by atoms with van der Waals surface area (Å²) in [4.78, 5) is 15.1. The van der Waals surface area contributed by atoms with E-state index in [4.69, 9.17) is 9.47 Å². The molecule has 1 saturated heterocycles. The minimum absolute atomic E-state index is 0.00123. The summed E-state index contributed by atoms with van der Waals surface area (Å²) in [6, 6.07) is 13.8. The van der Waals surface area contributed by atoms with Crippen molar-refractivity contribution in [3.05, 3.63) is 52.5 Å². The van der Waals surface area contributed by atoms with E-state index < -0.39 is 0 Å². The van der Waals surface area contributed by atoms with E-state index in [9.17, 15) is 4.79 Å². The molecule has 0 aliphatic carbocycles. The number of ether oxygens (including phenoxy) is 2. The molecule has 0 radical (unpaired) electrons. The summed E-state index contributed by atoms with van der Waals surface area (Å²) in [7, 11) is 0. The van der Waals surface area contributed by atoms with Crippen LogP contribution in [0.25, 0.3) is 0 Å². The smallest absolute Gasteiger partial charge is 0.231 e. The average Bonchev–Trinajstić information content (AvgIpc) is 3.10. The van der Waals surface area contributed by atoms with Crippen LogP contribution in [0.2, 0.25) is 0 Å². The number of nitrogens with zero attached hydrogens (tertiary/aromatic N) is 1. The van der Waals surface area contributed by atoms with Gasteiger partial charge in [-0.3, -0.25) is 9.69 Å². The van der Waals surface area contributed by atoms with Crippen LogP contribution in [0, 0.1) is 5.92 Å². The van der Waals surface area contributed by atoms with Crippen molar-refractivity contribution in [3.8, 4) is 11.5 Å². The number of likely N-dealkylation sites (tertiary alicyclic amines) is 1. The van der Waals surface area contributed by atoms with E-state index in [1.54, 1.807) is 0 Å². The van der Waals surface area contributed by atoms with Gasteiger partial charge in [0.25, 0.3) is 0 Å². The van der Waals surface area contributed by atoms with Crippen molar-refractivity contribution >= 4 is 27.5 Å². The van der Waals surface area contributed by atoms with Gasteiger partial charge >= 0.3 is 0 Å².